The van der Waals surface area contributed by atoms with Gasteiger partial charge in [-0.3, -0.25) is 14.3 Å². The third-order valence-electron chi connectivity index (χ3n) is 6.14. The summed E-state index contributed by atoms with van der Waals surface area (Å²) < 4.78 is 16.1. The molecule has 194 valence electrons. The Kier molecular flexibility index (Phi) is 8.29. The van der Waals surface area contributed by atoms with Crippen molar-refractivity contribution in [2.24, 2.45) is 7.05 Å². The number of nitrogens with zero attached hydrogens (tertiary/aromatic N) is 4. The van der Waals surface area contributed by atoms with Crippen molar-refractivity contribution in [1.29, 1.82) is 0 Å². The largest absolute Gasteiger partial charge is 0.351 e. The number of benzene rings is 1. The first-order valence-electron chi connectivity index (χ1n) is 12.6. The van der Waals surface area contributed by atoms with Crippen LogP contribution in [0.25, 0.3) is 22.3 Å². The van der Waals surface area contributed by atoms with E-state index >= 15 is 0 Å². The summed E-state index contributed by atoms with van der Waals surface area (Å²) in [6.07, 6.45) is 7.40. The first-order valence-corrected chi connectivity index (χ1v) is 12.6. The number of nitrogens with one attached hydrogen (secondary N) is 3. The molecule has 4 aromatic rings. The van der Waals surface area contributed by atoms with Crippen LogP contribution in [-0.2, 0) is 7.05 Å². The van der Waals surface area contributed by atoms with Crippen LogP contribution in [0, 0.1) is 5.82 Å². The first-order chi connectivity index (χ1) is 18.0. The van der Waals surface area contributed by atoms with Crippen molar-refractivity contribution in [2.45, 2.75) is 26.7 Å². The Morgan fingerprint density at radius 1 is 1.05 bits per heavy atom. The van der Waals surface area contributed by atoms with E-state index in [0.717, 1.165) is 36.3 Å². The molecule has 4 heterocycles. The molecule has 0 unspecified atom stereocenters. The van der Waals surface area contributed by atoms with Gasteiger partial charge in [-0.2, -0.15) is 5.10 Å². The van der Waals surface area contributed by atoms with Crippen molar-refractivity contribution in [2.75, 3.05) is 31.5 Å². The molecule has 0 aliphatic carbocycles. The number of halogens is 1. The van der Waals surface area contributed by atoms with Crippen LogP contribution >= 0.6 is 0 Å². The standard InChI is InChI=1S/C25H26FN7O2.C2H6/c1-32-15-19(14-29-32)21-12-17-10-18(13-28-23(17)30-21)25(35)31-22-11-16(4-5-20(22)26)24(34)27-6-9-33-7-2-3-8-33;1-2/h4-5,10-15H,2-3,6-9H2,1H3,(H,27,34)(H,28,30)(H,31,35);1-2H3. The van der Waals surface area contributed by atoms with E-state index in [-0.39, 0.29) is 22.7 Å². The summed E-state index contributed by atoms with van der Waals surface area (Å²) in [7, 11) is 1.83. The second kappa shape index (κ2) is 11.8. The Morgan fingerprint density at radius 3 is 2.57 bits per heavy atom. The van der Waals surface area contributed by atoms with E-state index in [0.29, 0.717) is 12.2 Å². The minimum atomic E-state index is -0.624. The lowest BCUT2D eigenvalue weighted by Crippen LogP contribution is -2.33. The summed E-state index contributed by atoms with van der Waals surface area (Å²) >= 11 is 0. The zero-order chi connectivity index (χ0) is 26.4. The number of rotatable bonds is 7. The van der Waals surface area contributed by atoms with Gasteiger partial charge in [0.15, 0.2) is 0 Å². The molecule has 37 heavy (non-hydrogen) atoms. The minimum Gasteiger partial charge on any atom is -0.351 e. The van der Waals surface area contributed by atoms with Crippen molar-refractivity contribution in [3.8, 4) is 11.3 Å². The molecule has 1 saturated heterocycles. The topological polar surface area (TPSA) is 108 Å². The molecule has 3 aromatic heterocycles. The normalized spacial score (nSPS) is 13.3. The number of likely N-dealkylation sites (tertiary alicyclic amines) is 1. The van der Waals surface area contributed by atoms with Gasteiger partial charge in [-0.15, -0.1) is 0 Å². The Morgan fingerprint density at radius 2 is 1.84 bits per heavy atom. The number of amides is 2. The van der Waals surface area contributed by atoms with Crippen molar-refractivity contribution >= 4 is 28.5 Å². The van der Waals surface area contributed by atoms with Crippen LogP contribution in [0.1, 0.15) is 47.4 Å². The number of carbonyl (C=O) groups is 2. The van der Waals surface area contributed by atoms with E-state index in [9.17, 15) is 14.0 Å². The number of fused-ring (bicyclic) bond motifs is 1. The van der Waals surface area contributed by atoms with E-state index < -0.39 is 11.7 Å². The van der Waals surface area contributed by atoms with Crippen molar-refractivity contribution in [3.63, 3.8) is 0 Å². The fraction of sp³-hybridized carbons (Fsp3) is 0.333. The Labute approximate surface area is 215 Å². The SMILES string of the molecule is CC.Cn1cc(-c2cc3cc(C(=O)Nc4cc(C(=O)NCCN5CCCC5)ccc4F)cnc3[nH]2)cn1. The predicted molar refractivity (Wildman–Crippen MR) is 142 cm³/mol. The first kappa shape index (κ1) is 26.0. The summed E-state index contributed by atoms with van der Waals surface area (Å²) in [5.41, 5.74) is 2.84. The molecule has 0 saturated carbocycles. The Balaban J connectivity index is 0.00000156. The van der Waals surface area contributed by atoms with Crippen LogP contribution in [0.2, 0.25) is 0 Å². The van der Waals surface area contributed by atoms with E-state index in [1.54, 1.807) is 16.9 Å². The summed E-state index contributed by atoms with van der Waals surface area (Å²) in [4.78, 5) is 35.2. The number of hydrogen-bond acceptors (Lipinski definition) is 5. The molecule has 1 aliphatic rings. The zero-order valence-electron chi connectivity index (χ0n) is 21.3. The van der Waals surface area contributed by atoms with Crippen molar-refractivity contribution in [1.82, 2.24) is 30.0 Å². The lowest BCUT2D eigenvalue weighted by atomic mass is 10.1. The highest BCUT2D eigenvalue weighted by Gasteiger charge is 2.16. The van der Waals surface area contributed by atoms with Crippen molar-refractivity contribution < 1.29 is 14.0 Å². The van der Waals surface area contributed by atoms with Gasteiger partial charge >= 0.3 is 0 Å². The number of aromatic nitrogens is 4. The molecule has 0 radical (unpaired) electrons. The van der Waals surface area contributed by atoms with Gasteiger partial charge in [-0.25, -0.2) is 9.37 Å². The molecule has 3 N–H and O–H groups in total. The summed E-state index contributed by atoms with van der Waals surface area (Å²) in [6.45, 7) is 7.41. The van der Waals surface area contributed by atoms with Gasteiger partial charge in [-0.05, 0) is 56.3 Å². The molecule has 0 atom stereocenters. The van der Waals surface area contributed by atoms with Crippen LogP contribution < -0.4 is 10.6 Å². The maximum absolute atomic E-state index is 14.4. The monoisotopic (exact) mass is 505 g/mol. The molecule has 1 aromatic carbocycles. The molecule has 5 rings (SSSR count). The van der Waals surface area contributed by atoms with Gasteiger partial charge in [0.25, 0.3) is 11.8 Å². The molecular weight excluding hydrogens is 473 g/mol. The lowest BCUT2D eigenvalue weighted by Gasteiger charge is -2.15. The summed E-state index contributed by atoms with van der Waals surface area (Å²) in [6, 6.07) is 7.49. The molecule has 0 spiro atoms. The van der Waals surface area contributed by atoms with Crippen LogP contribution in [-0.4, -0.2) is 62.6 Å². The Bertz CT molecular complexity index is 1390. The van der Waals surface area contributed by atoms with Gasteiger partial charge in [0.2, 0.25) is 0 Å². The zero-order valence-corrected chi connectivity index (χ0v) is 21.3. The lowest BCUT2D eigenvalue weighted by molar-refractivity contribution is 0.0948. The second-order valence-electron chi connectivity index (χ2n) is 8.70. The van der Waals surface area contributed by atoms with E-state index in [2.05, 4.69) is 30.6 Å². The second-order valence-corrected chi connectivity index (χ2v) is 8.70. The maximum atomic E-state index is 14.4. The quantitative estimate of drug-likeness (QED) is 0.349. The van der Waals surface area contributed by atoms with Gasteiger partial charge in [0, 0.05) is 49.0 Å². The fourth-order valence-electron chi connectivity index (χ4n) is 4.25. The highest BCUT2D eigenvalue weighted by Crippen LogP contribution is 2.24. The summed E-state index contributed by atoms with van der Waals surface area (Å²) in [5.74, 6) is -1.45. The highest BCUT2D eigenvalue weighted by molar-refractivity contribution is 6.06. The molecule has 1 fully saturated rings. The van der Waals surface area contributed by atoms with Crippen molar-refractivity contribution in [3.05, 3.63) is 65.9 Å². The highest BCUT2D eigenvalue weighted by atomic mass is 19.1. The summed E-state index contributed by atoms with van der Waals surface area (Å²) in [5, 5.41) is 10.3. The van der Waals surface area contributed by atoms with Crippen LogP contribution in [0.3, 0.4) is 0 Å². The van der Waals surface area contributed by atoms with Crippen LogP contribution in [0.4, 0.5) is 10.1 Å². The number of anilines is 1. The van der Waals surface area contributed by atoms with Gasteiger partial charge in [0.05, 0.1) is 23.1 Å². The molecular formula is C27H32FN7O2. The number of aryl methyl sites for hydroxylation is 1. The van der Waals surface area contributed by atoms with Gasteiger partial charge in [-0.1, -0.05) is 13.8 Å². The predicted octanol–water partition coefficient (Wildman–Crippen LogP) is 4.21. The van der Waals surface area contributed by atoms with Crippen LogP contribution in [0.5, 0.6) is 0 Å². The number of carbonyl (C=O) groups excluding carboxylic acids is 2. The van der Waals surface area contributed by atoms with Gasteiger partial charge < -0.3 is 20.5 Å². The van der Waals surface area contributed by atoms with Crippen LogP contribution in [0.15, 0.2) is 48.9 Å². The maximum Gasteiger partial charge on any atom is 0.257 e. The number of aromatic amines is 1. The average Bonchev–Trinajstić information content (AvgIpc) is 3.67. The van der Waals surface area contributed by atoms with E-state index in [1.165, 1.54) is 37.2 Å². The number of hydrogen-bond donors (Lipinski definition) is 3. The third kappa shape index (κ3) is 6.21. The smallest absolute Gasteiger partial charge is 0.257 e. The molecule has 0 bridgehead atoms. The molecule has 9 nitrogen and oxygen atoms in total. The van der Waals surface area contributed by atoms with E-state index in [1.807, 2.05) is 33.2 Å². The molecule has 2 amide bonds. The minimum absolute atomic E-state index is 0.0626. The van der Waals surface area contributed by atoms with Gasteiger partial charge in [0.1, 0.15) is 11.5 Å². The third-order valence-corrected chi connectivity index (χ3v) is 6.14. The Hall–Kier alpha value is -4.05. The fourth-order valence-corrected chi connectivity index (χ4v) is 4.25. The average molecular weight is 506 g/mol. The number of H-pyrrole nitrogens is 1. The number of pyridine rings is 1. The molecule has 10 heteroatoms. The molecule has 1 aliphatic heterocycles. The van der Waals surface area contributed by atoms with E-state index in [4.69, 9.17) is 0 Å².